The maximum absolute atomic E-state index is 5.44. The van der Waals surface area contributed by atoms with Crippen molar-refractivity contribution in [2.75, 3.05) is 6.61 Å². The van der Waals surface area contributed by atoms with Crippen molar-refractivity contribution in [2.45, 2.75) is 19.4 Å². The van der Waals surface area contributed by atoms with E-state index in [1.807, 2.05) is 12.2 Å². The van der Waals surface area contributed by atoms with E-state index in [9.17, 15) is 0 Å². The lowest BCUT2D eigenvalue weighted by molar-refractivity contribution is 0.264. The van der Waals surface area contributed by atoms with E-state index in [1.165, 1.54) is 0 Å². The Labute approximate surface area is 72.1 Å². The Kier molecular flexibility index (Phi) is 7.52. The fraction of sp³-hybridized carbons (Fsp3) is 0.556. The zero-order chi connectivity index (χ0) is 8.53. The topological polar surface area (TPSA) is 9.23 Å². The van der Waals surface area contributed by atoms with Crippen molar-refractivity contribution in [3.05, 3.63) is 25.3 Å². The summed E-state index contributed by atoms with van der Waals surface area (Å²) < 4.78 is 5.44. The van der Waals surface area contributed by atoms with Crippen LogP contribution in [0.2, 0.25) is 6.55 Å². The van der Waals surface area contributed by atoms with Gasteiger partial charge in [0, 0.05) is 6.61 Å². The van der Waals surface area contributed by atoms with Gasteiger partial charge in [0.25, 0.3) is 0 Å². The van der Waals surface area contributed by atoms with Gasteiger partial charge in [0.1, 0.15) is 0 Å². The Morgan fingerprint density at radius 1 is 1.36 bits per heavy atom. The maximum atomic E-state index is 5.44. The molecular formula is C9H18OSi. The molecule has 0 rings (SSSR count). The molecule has 64 valence electrons. The summed E-state index contributed by atoms with van der Waals surface area (Å²) in [5.41, 5.74) is 0. The summed E-state index contributed by atoms with van der Waals surface area (Å²) in [5, 5.41) is 0. The summed E-state index contributed by atoms with van der Waals surface area (Å²) in [7, 11) is -0.231. The number of hydrogen-bond acceptors (Lipinski definition) is 1. The second-order valence-corrected chi connectivity index (χ2v) is 3.56. The van der Waals surface area contributed by atoms with E-state index in [0.29, 0.717) is 5.92 Å². The molecule has 0 radical (unpaired) electrons. The third-order valence-electron chi connectivity index (χ3n) is 1.56. The lowest BCUT2D eigenvalue weighted by Crippen LogP contribution is -2.09. The number of allylic oxidation sites excluding steroid dienone is 2. The van der Waals surface area contributed by atoms with Crippen LogP contribution in [0, 0.1) is 5.92 Å². The Morgan fingerprint density at radius 3 is 2.27 bits per heavy atom. The van der Waals surface area contributed by atoms with E-state index >= 15 is 0 Å². The fourth-order valence-corrected chi connectivity index (χ4v) is 1.56. The predicted octanol–water partition coefficient (Wildman–Crippen LogP) is 1.90. The second kappa shape index (κ2) is 7.76. The van der Waals surface area contributed by atoms with Crippen LogP contribution in [0.25, 0.3) is 0 Å². The molecule has 0 aliphatic heterocycles. The second-order valence-electron chi connectivity index (χ2n) is 2.57. The molecule has 0 saturated heterocycles. The summed E-state index contributed by atoms with van der Waals surface area (Å²) >= 11 is 0. The van der Waals surface area contributed by atoms with Crippen LogP contribution in [0.1, 0.15) is 12.8 Å². The van der Waals surface area contributed by atoms with E-state index < -0.39 is 0 Å². The molecule has 0 fully saturated rings. The summed E-state index contributed by atoms with van der Waals surface area (Å²) in [6.07, 6.45) is 5.99. The summed E-state index contributed by atoms with van der Waals surface area (Å²) in [5.74, 6) is 0.609. The highest BCUT2D eigenvalue weighted by Crippen LogP contribution is 2.09. The quantitative estimate of drug-likeness (QED) is 0.419. The molecule has 1 nitrogen and oxygen atoms in total. The Morgan fingerprint density at radius 2 is 1.91 bits per heavy atom. The average Bonchev–Trinajstić information content (AvgIpc) is 2.01. The number of rotatable bonds is 7. The van der Waals surface area contributed by atoms with Crippen LogP contribution in [-0.2, 0) is 4.43 Å². The fourth-order valence-electron chi connectivity index (χ4n) is 0.988. The zero-order valence-electron chi connectivity index (χ0n) is 7.38. The Hall–Kier alpha value is -0.343. The van der Waals surface area contributed by atoms with Crippen molar-refractivity contribution in [3.8, 4) is 0 Å². The predicted molar refractivity (Wildman–Crippen MR) is 53.5 cm³/mol. The van der Waals surface area contributed by atoms with Crippen LogP contribution in [0.15, 0.2) is 25.3 Å². The molecule has 0 unspecified atom stereocenters. The molecule has 0 aromatic rings. The van der Waals surface area contributed by atoms with Gasteiger partial charge in [-0.25, -0.2) is 0 Å². The monoisotopic (exact) mass is 170 g/mol. The molecule has 0 amide bonds. The minimum absolute atomic E-state index is 0.231. The van der Waals surface area contributed by atoms with E-state index in [0.717, 1.165) is 19.4 Å². The third-order valence-corrected chi connectivity index (χ3v) is 2.20. The summed E-state index contributed by atoms with van der Waals surface area (Å²) in [6, 6.07) is 0. The van der Waals surface area contributed by atoms with Crippen LogP contribution < -0.4 is 0 Å². The zero-order valence-corrected chi connectivity index (χ0v) is 8.80. The highest BCUT2D eigenvalue weighted by molar-refractivity contribution is 6.24. The molecule has 0 aromatic carbocycles. The minimum Gasteiger partial charge on any atom is -0.424 e. The van der Waals surface area contributed by atoms with Crippen LogP contribution in [0.5, 0.6) is 0 Å². The van der Waals surface area contributed by atoms with E-state index in [4.69, 9.17) is 4.43 Å². The van der Waals surface area contributed by atoms with Gasteiger partial charge in [-0.3, -0.25) is 0 Å². The SMILES string of the molecule is C=CCC(CC=C)CO[SiH2]C. The van der Waals surface area contributed by atoms with Gasteiger partial charge in [0.05, 0.1) is 0 Å². The first-order chi connectivity index (χ1) is 5.35. The summed E-state index contributed by atoms with van der Waals surface area (Å²) in [6.45, 7) is 10.5. The first-order valence-electron chi connectivity index (χ1n) is 4.14. The van der Waals surface area contributed by atoms with Crippen LogP contribution in [0.3, 0.4) is 0 Å². The highest BCUT2D eigenvalue weighted by Gasteiger charge is 2.02. The third kappa shape index (κ3) is 6.07. The van der Waals surface area contributed by atoms with Crippen molar-refractivity contribution < 1.29 is 4.43 Å². The molecule has 0 atom stereocenters. The first-order valence-corrected chi connectivity index (χ1v) is 6.13. The van der Waals surface area contributed by atoms with E-state index in [2.05, 4.69) is 19.7 Å². The molecule has 0 aliphatic rings. The Bertz CT molecular complexity index is 102. The normalized spacial score (nSPS) is 11.1. The molecule has 11 heavy (non-hydrogen) atoms. The first kappa shape index (κ1) is 10.7. The molecule has 0 bridgehead atoms. The molecular weight excluding hydrogens is 152 g/mol. The van der Waals surface area contributed by atoms with Crippen molar-refractivity contribution in [1.29, 1.82) is 0 Å². The van der Waals surface area contributed by atoms with Crippen molar-refractivity contribution in [3.63, 3.8) is 0 Å². The minimum atomic E-state index is -0.231. The van der Waals surface area contributed by atoms with Gasteiger partial charge in [0.2, 0.25) is 0 Å². The smallest absolute Gasteiger partial charge is 0.158 e. The van der Waals surface area contributed by atoms with Crippen molar-refractivity contribution >= 4 is 9.76 Å². The van der Waals surface area contributed by atoms with Gasteiger partial charge in [-0.1, -0.05) is 18.7 Å². The van der Waals surface area contributed by atoms with Gasteiger partial charge < -0.3 is 4.43 Å². The van der Waals surface area contributed by atoms with E-state index in [-0.39, 0.29) is 9.76 Å². The summed E-state index contributed by atoms with van der Waals surface area (Å²) in [4.78, 5) is 0. The van der Waals surface area contributed by atoms with Crippen molar-refractivity contribution in [2.24, 2.45) is 5.92 Å². The van der Waals surface area contributed by atoms with Crippen LogP contribution >= 0.6 is 0 Å². The van der Waals surface area contributed by atoms with Gasteiger partial charge in [-0.05, 0) is 18.8 Å². The van der Waals surface area contributed by atoms with Crippen LogP contribution in [-0.4, -0.2) is 16.4 Å². The molecule has 0 aliphatic carbocycles. The van der Waals surface area contributed by atoms with E-state index in [1.54, 1.807) is 0 Å². The molecule has 0 spiro atoms. The molecule has 0 heterocycles. The molecule has 0 aromatic heterocycles. The number of hydrogen-bond donors (Lipinski definition) is 0. The van der Waals surface area contributed by atoms with Gasteiger partial charge >= 0.3 is 0 Å². The van der Waals surface area contributed by atoms with Crippen LogP contribution in [0.4, 0.5) is 0 Å². The standard InChI is InChI=1S/C9H18OSi/c1-4-6-9(7-5-2)8-10-11-3/h4-5,9H,1-2,6-8,11H2,3H3. The lowest BCUT2D eigenvalue weighted by atomic mass is 10.0. The van der Waals surface area contributed by atoms with Gasteiger partial charge in [-0.2, -0.15) is 0 Å². The highest BCUT2D eigenvalue weighted by atomic mass is 28.2. The van der Waals surface area contributed by atoms with Gasteiger partial charge in [-0.15, -0.1) is 13.2 Å². The largest absolute Gasteiger partial charge is 0.424 e. The molecule has 0 N–H and O–H groups in total. The average molecular weight is 170 g/mol. The maximum Gasteiger partial charge on any atom is 0.158 e. The molecule has 0 saturated carbocycles. The lowest BCUT2D eigenvalue weighted by Gasteiger charge is -2.11. The molecule has 2 heteroatoms. The Balaban J connectivity index is 3.49. The van der Waals surface area contributed by atoms with Gasteiger partial charge in [0.15, 0.2) is 9.76 Å². The van der Waals surface area contributed by atoms with Crippen molar-refractivity contribution in [1.82, 2.24) is 0 Å².